The van der Waals surface area contributed by atoms with Crippen molar-refractivity contribution in [2.24, 2.45) is 0 Å². The second-order valence-corrected chi connectivity index (χ2v) is 29.4. The molecule has 0 aromatic rings. The van der Waals surface area contributed by atoms with Gasteiger partial charge in [-0.1, -0.05) is 365 Å². The molecule has 10 heteroatoms. The van der Waals surface area contributed by atoms with Crippen molar-refractivity contribution in [3.63, 3.8) is 0 Å². The summed E-state index contributed by atoms with van der Waals surface area (Å²) in [5.41, 5.74) is 0. The van der Waals surface area contributed by atoms with Gasteiger partial charge in [0.25, 0.3) is 7.82 Å². The summed E-state index contributed by atoms with van der Waals surface area (Å²) in [4.78, 5) is 38.2. The lowest BCUT2D eigenvalue weighted by atomic mass is 10.0. The first-order chi connectivity index (χ1) is 48.0. The van der Waals surface area contributed by atoms with Gasteiger partial charge in [-0.05, 0) is 116 Å². The van der Waals surface area contributed by atoms with Crippen LogP contribution in [0.4, 0.5) is 0 Å². The summed E-state index contributed by atoms with van der Waals surface area (Å²) in [6.45, 7) is 4.05. The zero-order valence-corrected chi connectivity index (χ0v) is 65.1. The highest BCUT2D eigenvalue weighted by molar-refractivity contribution is 7.45. The molecule has 0 aromatic heterocycles. The molecule has 0 aliphatic heterocycles. The van der Waals surface area contributed by atoms with Gasteiger partial charge in [0, 0.05) is 12.8 Å². The molecular formula is C88H152NO8P. The number of quaternary nitrogens is 1. The third-order valence-electron chi connectivity index (χ3n) is 17.4. The van der Waals surface area contributed by atoms with E-state index in [2.05, 4.69) is 160 Å². The van der Waals surface area contributed by atoms with E-state index in [1.807, 2.05) is 21.1 Å². The minimum absolute atomic E-state index is 0.0342. The molecule has 0 N–H and O–H groups in total. The zero-order chi connectivity index (χ0) is 71.1. The first-order valence-corrected chi connectivity index (χ1v) is 42.0. The predicted octanol–water partition coefficient (Wildman–Crippen LogP) is 26.6. The normalized spacial score (nSPS) is 13.8. The molecule has 0 spiro atoms. The van der Waals surface area contributed by atoms with Gasteiger partial charge in [0.2, 0.25) is 0 Å². The number of nitrogens with zero attached hydrogens (tertiary/aromatic N) is 1. The molecule has 0 saturated heterocycles. The summed E-state index contributed by atoms with van der Waals surface area (Å²) in [6, 6.07) is 0. The fourth-order valence-corrected chi connectivity index (χ4v) is 12.0. The molecular weight excluding hydrogens is 1230 g/mol. The van der Waals surface area contributed by atoms with Crippen molar-refractivity contribution < 1.29 is 42.1 Å². The molecule has 0 fully saturated rings. The Labute approximate surface area is 605 Å². The second-order valence-electron chi connectivity index (χ2n) is 28.0. The van der Waals surface area contributed by atoms with Crippen molar-refractivity contribution in [2.75, 3.05) is 47.5 Å². The van der Waals surface area contributed by atoms with Crippen molar-refractivity contribution in [1.82, 2.24) is 0 Å². The summed E-state index contributed by atoms with van der Waals surface area (Å²) < 4.78 is 34.4. The topological polar surface area (TPSA) is 111 Å². The van der Waals surface area contributed by atoms with Crippen LogP contribution in [-0.4, -0.2) is 70.0 Å². The Balaban J connectivity index is 3.97. The highest BCUT2D eigenvalue weighted by atomic mass is 31.2. The minimum Gasteiger partial charge on any atom is -0.756 e. The largest absolute Gasteiger partial charge is 0.756 e. The highest BCUT2D eigenvalue weighted by Gasteiger charge is 2.22. The highest BCUT2D eigenvalue weighted by Crippen LogP contribution is 2.38. The number of phosphoric ester groups is 1. The Hall–Kier alpha value is -4.11. The number of carbonyl (C=O) groups is 2. The monoisotopic (exact) mass is 1380 g/mol. The van der Waals surface area contributed by atoms with Gasteiger partial charge < -0.3 is 27.9 Å². The summed E-state index contributed by atoms with van der Waals surface area (Å²) in [5, 5.41) is 0. The minimum atomic E-state index is -4.65. The fraction of sp³-hybridized carbons (Fsp3) is 0.705. The Kier molecular flexibility index (Phi) is 73.8. The van der Waals surface area contributed by atoms with Gasteiger partial charge in [-0.15, -0.1) is 0 Å². The van der Waals surface area contributed by atoms with Crippen LogP contribution >= 0.6 is 7.82 Å². The van der Waals surface area contributed by atoms with Crippen LogP contribution < -0.4 is 4.89 Å². The van der Waals surface area contributed by atoms with Gasteiger partial charge in [-0.25, -0.2) is 0 Å². The smallest absolute Gasteiger partial charge is 0.306 e. The number of allylic oxidation sites excluding steroid dienone is 24. The van der Waals surface area contributed by atoms with Crippen molar-refractivity contribution in [3.8, 4) is 0 Å². The average Bonchev–Trinajstić information content (AvgIpc) is 1.23. The Morgan fingerprint density at radius 2 is 0.551 bits per heavy atom. The number of unbranched alkanes of at least 4 members (excludes halogenated alkanes) is 36. The number of rotatable bonds is 74. The van der Waals surface area contributed by atoms with Gasteiger partial charge in [-0.2, -0.15) is 0 Å². The van der Waals surface area contributed by atoms with E-state index in [4.69, 9.17) is 18.5 Å². The summed E-state index contributed by atoms with van der Waals surface area (Å²) in [6.07, 6.45) is 114. The molecule has 0 aromatic carbocycles. The molecule has 0 aliphatic rings. The lowest BCUT2D eigenvalue weighted by Gasteiger charge is -2.28. The molecule has 0 radical (unpaired) electrons. The van der Waals surface area contributed by atoms with E-state index < -0.39 is 26.5 Å². The number of hydrogen-bond donors (Lipinski definition) is 0. The van der Waals surface area contributed by atoms with E-state index in [-0.39, 0.29) is 32.0 Å². The molecule has 0 heterocycles. The Morgan fingerprint density at radius 1 is 0.316 bits per heavy atom. The maximum Gasteiger partial charge on any atom is 0.306 e. The lowest BCUT2D eigenvalue weighted by Crippen LogP contribution is -2.37. The number of hydrogen-bond acceptors (Lipinski definition) is 8. The third-order valence-corrected chi connectivity index (χ3v) is 18.3. The van der Waals surface area contributed by atoms with Crippen LogP contribution in [0.3, 0.4) is 0 Å². The molecule has 0 rings (SSSR count). The number of carbonyl (C=O) groups excluding carboxylic acids is 2. The number of ether oxygens (including phenoxy) is 2. The summed E-state index contributed by atoms with van der Waals surface area (Å²) in [5.74, 6) is -0.825. The van der Waals surface area contributed by atoms with E-state index in [9.17, 15) is 19.0 Å². The lowest BCUT2D eigenvalue weighted by molar-refractivity contribution is -0.870. The van der Waals surface area contributed by atoms with Crippen molar-refractivity contribution in [3.05, 3.63) is 146 Å². The van der Waals surface area contributed by atoms with Crippen LogP contribution in [0.25, 0.3) is 0 Å². The fourth-order valence-electron chi connectivity index (χ4n) is 11.3. The first kappa shape index (κ1) is 93.9. The maximum atomic E-state index is 12.9. The number of esters is 2. The van der Waals surface area contributed by atoms with Crippen LogP contribution in [0.5, 0.6) is 0 Å². The SMILES string of the molecule is CC/C=C\C/C=C\C/C=C\C/C=C\C/C=C\C/C=C\C/C=C\C/C=C\CCCCCCCCCCCCCCCCC(=O)OC(COC(=O)CCCCCCCCCCCCCCCCCCCCCCCC/C=C\C/C=C\C/C=C\C/C=C\CC)COP(=O)([O-])OCC[N+](C)(C)C. The van der Waals surface area contributed by atoms with Crippen LogP contribution in [0.2, 0.25) is 0 Å². The third kappa shape index (κ3) is 80.9. The van der Waals surface area contributed by atoms with Gasteiger partial charge in [0.05, 0.1) is 27.7 Å². The molecule has 0 amide bonds. The van der Waals surface area contributed by atoms with Crippen LogP contribution in [0.1, 0.15) is 348 Å². The Morgan fingerprint density at radius 3 is 0.816 bits per heavy atom. The molecule has 2 atom stereocenters. The van der Waals surface area contributed by atoms with Crippen molar-refractivity contribution in [1.29, 1.82) is 0 Å². The molecule has 562 valence electrons. The van der Waals surface area contributed by atoms with Crippen molar-refractivity contribution >= 4 is 19.8 Å². The number of likely N-dealkylation sites (N-methyl/N-ethyl adjacent to an activating group) is 1. The Bertz CT molecular complexity index is 2170. The van der Waals surface area contributed by atoms with Crippen molar-refractivity contribution in [2.45, 2.75) is 354 Å². The van der Waals surface area contributed by atoms with Gasteiger partial charge in [0.1, 0.15) is 19.8 Å². The van der Waals surface area contributed by atoms with E-state index in [0.29, 0.717) is 17.4 Å². The van der Waals surface area contributed by atoms with E-state index in [1.54, 1.807) is 0 Å². The maximum absolute atomic E-state index is 12.9. The van der Waals surface area contributed by atoms with E-state index >= 15 is 0 Å². The molecule has 0 saturated carbocycles. The molecule has 98 heavy (non-hydrogen) atoms. The molecule has 9 nitrogen and oxygen atoms in total. The van der Waals surface area contributed by atoms with Crippen LogP contribution in [0, 0.1) is 0 Å². The molecule has 2 unspecified atom stereocenters. The van der Waals surface area contributed by atoms with E-state index in [1.165, 1.54) is 199 Å². The van der Waals surface area contributed by atoms with Crippen LogP contribution in [0.15, 0.2) is 146 Å². The van der Waals surface area contributed by atoms with Gasteiger partial charge in [0.15, 0.2) is 6.10 Å². The van der Waals surface area contributed by atoms with E-state index in [0.717, 1.165) is 116 Å². The van der Waals surface area contributed by atoms with Gasteiger partial charge >= 0.3 is 11.9 Å². The zero-order valence-electron chi connectivity index (χ0n) is 64.2. The summed E-state index contributed by atoms with van der Waals surface area (Å²) in [7, 11) is 1.17. The first-order valence-electron chi connectivity index (χ1n) is 40.5. The number of phosphoric acid groups is 1. The average molecular weight is 1380 g/mol. The molecule has 0 aliphatic carbocycles. The predicted molar refractivity (Wildman–Crippen MR) is 424 cm³/mol. The molecule has 0 bridgehead atoms. The quantitative estimate of drug-likeness (QED) is 0.0195. The second kappa shape index (κ2) is 77.1. The van der Waals surface area contributed by atoms with Crippen LogP contribution in [-0.2, 0) is 32.7 Å². The standard InChI is InChI=1S/C88H152NO8P/c1-6-8-10-12-14-16-18-20-22-24-26-28-30-32-34-36-38-40-42-43-44-45-47-49-51-53-55-57-59-61-63-65-67-69-71-73-75-77-79-81-88(91)97-86(85-96-98(92,93)95-83-82-89(3,4)5)84-94-87(90)80-78-76-74-72-70-68-66-64-62-60-58-56-54-52-50-48-46-41-39-37-35-33-31-29-27-25-23-21-19-17-15-13-11-9-7-2/h8-11,14-17,20-23,26-29,32,34,38,40,43-44,47,49,86H,6-7,12-13,18-19,24-25,30-31,33,35-37,39,41-42,45-46,48,50-85H2,1-5H3/b10-8-,11-9-,16-14-,17-15-,22-20-,23-21-,28-26-,29-27-,34-32-,40-38-,44-43-,49-47-. The summed E-state index contributed by atoms with van der Waals surface area (Å²) >= 11 is 0. The van der Waals surface area contributed by atoms with Gasteiger partial charge in [-0.3, -0.25) is 14.2 Å².